The van der Waals surface area contributed by atoms with E-state index in [-0.39, 0.29) is 0 Å². The highest BCUT2D eigenvalue weighted by Gasteiger charge is 2.32. The van der Waals surface area contributed by atoms with Gasteiger partial charge in [-0.1, -0.05) is 6.58 Å². The van der Waals surface area contributed by atoms with Gasteiger partial charge in [-0.05, 0) is 6.08 Å². The van der Waals surface area contributed by atoms with E-state index in [0.717, 1.165) is 0 Å². The summed E-state index contributed by atoms with van der Waals surface area (Å²) >= 11 is 0. The van der Waals surface area contributed by atoms with Gasteiger partial charge in [-0.3, -0.25) is 10.3 Å². The van der Waals surface area contributed by atoms with E-state index in [9.17, 15) is 8.42 Å². The van der Waals surface area contributed by atoms with Crippen molar-refractivity contribution in [3.05, 3.63) is 12.7 Å². The molecule has 0 rings (SSSR count). The highest BCUT2D eigenvalue weighted by atomic mass is 32.2. The van der Waals surface area contributed by atoms with Gasteiger partial charge in [0.1, 0.15) is 0 Å². The molecule has 0 amide bonds. The molecule has 0 fully saturated rings. The Balaban J connectivity index is 4.77. The molecule has 0 aliphatic heterocycles. The topological polar surface area (TPSA) is 101 Å². The Bertz CT molecular complexity index is 204. The molecule has 0 spiro atoms. The molecule has 5 nitrogen and oxygen atoms in total. The Morgan fingerprint density at radius 1 is 1.67 bits per heavy atom. The first kappa shape index (κ1) is 8.57. The predicted octanol–water partition coefficient (Wildman–Crippen LogP) is -1.33. The van der Waals surface area contributed by atoms with E-state index in [1.807, 2.05) is 0 Å². The van der Waals surface area contributed by atoms with Crippen LogP contribution in [0.15, 0.2) is 12.7 Å². The van der Waals surface area contributed by atoms with Crippen molar-refractivity contribution in [3.8, 4) is 0 Å². The fourth-order valence-electron chi connectivity index (χ4n) is 0.105. The van der Waals surface area contributed by atoms with Gasteiger partial charge >= 0.3 is 10.1 Å². The van der Waals surface area contributed by atoms with E-state index in [2.05, 4.69) is 12.3 Å². The minimum Gasteiger partial charge on any atom is -0.358 e. The molecule has 0 saturated carbocycles. The zero-order valence-corrected chi connectivity index (χ0v) is 5.30. The lowest BCUT2D eigenvalue weighted by Gasteiger charge is -2.12. The molecular formula is C3H7NO4S. The van der Waals surface area contributed by atoms with Crippen molar-refractivity contribution in [2.45, 2.75) is 5.06 Å². The zero-order valence-electron chi connectivity index (χ0n) is 4.48. The van der Waals surface area contributed by atoms with E-state index >= 15 is 0 Å². The van der Waals surface area contributed by atoms with E-state index < -0.39 is 15.2 Å². The molecule has 54 valence electrons. The number of hydrogen-bond donors (Lipinski definition) is 3. The molecule has 0 aromatic heterocycles. The minimum atomic E-state index is -4.64. The number of hydrogen-bond acceptors (Lipinski definition) is 4. The van der Waals surface area contributed by atoms with E-state index in [1.54, 1.807) is 0 Å². The summed E-state index contributed by atoms with van der Waals surface area (Å²) in [6, 6.07) is 0. The van der Waals surface area contributed by atoms with Gasteiger partial charge in [-0.25, -0.2) is 0 Å². The summed E-state index contributed by atoms with van der Waals surface area (Å²) in [5.41, 5.74) is 4.59. The average Bonchev–Trinajstić information content (AvgIpc) is 1.64. The van der Waals surface area contributed by atoms with Gasteiger partial charge in [0.05, 0.1) is 0 Å². The standard InChI is InChI=1S/C3H7NO4S/c1-2-3(4,5)9(6,7)8/h2,5H,1,4H2,(H,6,7,8). The van der Waals surface area contributed by atoms with Crippen LogP contribution in [0.25, 0.3) is 0 Å². The van der Waals surface area contributed by atoms with Gasteiger partial charge in [0.15, 0.2) is 0 Å². The van der Waals surface area contributed by atoms with Crippen molar-refractivity contribution in [1.82, 2.24) is 0 Å². The molecule has 4 N–H and O–H groups in total. The van der Waals surface area contributed by atoms with E-state index in [0.29, 0.717) is 6.08 Å². The summed E-state index contributed by atoms with van der Waals surface area (Å²) in [5.74, 6) is 0. The molecule has 9 heavy (non-hydrogen) atoms. The summed E-state index contributed by atoms with van der Waals surface area (Å²) in [6.45, 7) is 2.88. The molecular weight excluding hydrogens is 146 g/mol. The Morgan fingerprint density at radius 3 is 2.00 bits per heavy atom. The molecule has 0 aliphatic carbocycles. The van der Waals surface area contributed by atoms with Gasteiger partial charge in [0.25, 0.3) is 5.06 Å². The van der Waals surface area contributed by atoms with Crippen LogP contribution in [0.5, 0.6) is 0 Å². The van der Waals surface area contributed by atoms with Crippen LogP contribution in [-0.4, -0.2) is 23.1 Å². The van der Waals surface area contributed by atoms with Crippen LogP contribution in [0.3, 0.4) is 0 Å². The van der Waals surface area contributed by atoms with Crippen LogP contribution < -0.4 is 5.73 Å². The van der Waals surface area contributed by atoms with E-state index in [4.69, 9.17) is 9.66 Å². The summed E-state index contributed by atoms with van der Waals surface area (Å²) in [4.78, 5) is 0. The van der Waals surface area contributed by atoms with Gasteiger partial charge in [-0.2, -0.15) is 8.42 Å². The molecule has 0 aromatic carbocycles. The first-order valence-corrected chi connectivity index (χ1v) is 3.37. The smallest absolute Gasteiger partial charge is 0.313 e. The largest absolute Gasteiger partial charge is 0.358 e. The molecule has 0 saturated heterocycles. The molecule has 1 atom stereocenters. The maximum Gasteiger partial charge on any atom is 0.313 e. The fourth-order valence-corrected chi connectivity index (χ4v) is 0.316. The second-order valence-corrected chi connectivity index (χ2v) is 3.04. The number of nitrogens with two attached hydrogens (primary N) is 1. The van der Waals surface area contributed by atoms with Crippen LogP contribution in [-0.2, 0) is 10.1 Å². The van der Waals surface area contributed by atoms with Crippen LogP contribution in [0.2, 0.25) is 0 Å². The normalized spacial score (nSPS) is 18.6. The molecule has 0 bridgehead atoms. The van der Waals surface area contributed by atoms with Gasteiger partial charge < -0.3 is 5.11 Å². The Hall–Kier alpha value is -0.430. The third-order valence-corrected chi connectivity index (χ3v) is 1.70. The summed E-state index contributed by atoms with van der Waals surface area (Å²) < 4.78 is 28.1. The van der Waals surface area contributed by atoms with Crippen molar-refractivity contribution < 1.29 is 18.1 Å². The van der Waals surface area contributed by atoms with Crippen LogP contribution in [0.1, 0.15) is 0 Å². The van der Waals surface area contributed by atoms with E-state index in [1.165, 1.54) is 0 Å². The second-order valence-electron chi connectivity index (χ2n) is 1.43. The first-order chi connectivity index (χ1) is 3.81. The third kappa shape index (κ3) is 1.75. The van der Waals surface area contributed by atoms with Crippen LogP contribution >= 0.6 is 0 Å². The third-order valence-electron chi connectivity index (χ3n) is 0.706. The van der Waals surface area contributed by atoms with Crippen molar-refractivity contribution in [1.29, 1.82) is 0 Å². The van der Waals surface area contributed by atoms with Crippen LogP contribution in [0, 0.1) is 0 Å². The molecule has 0 radical (unpaired) electrons. The highest BCUT2D eigenvalue weighted by molar-refractivity contribution is 7.87. The molecule has 0 aliphatic rings. The lowest BCUT2D eigenvalue weighted by atomic mass is 10.6. The Morgan fingerprint density at radius 2 is 2.00 bits per heavy atom. The lowest BCUT2D eigenvalue weighted by Crippen LogP contribution is -2.45. The Labute approximate surface area is 52.5 Å². The average molecular weight is 153 g/mol. The second kappa shape index (κ2) is 2.07. The van der Waals surface area contributed by atoms with Crippen molar-refractivity contribution in [2.24, 2.45) is 5.73 Å². The molecule has 1 unspecified atom stereocenters. The molecule has 6 heteroatoms. The van der Waals surface area contributed by atoms with Crippen molar-refractivity contribution in [2.75, 3.05) is 0 Å². The quantitative estimate of drug-likeness (QED) is 0.259. The van der Waals surface area contributed by atoms with Gasteiger partial charge in [0, 0.05) is 0 Å². The SMILES string of the molecule is C=CC(N)(O)S(=O)(=O)O. The molecule has 0 aromatic rings. The number of rotatable bonds is 2. The molecule has 0 heterocycles. The zero-order chi connectivity index (χ0) is 7.71. The maximum absolute atomic E-state index is 9.99. The van der Waals surface area contributed by atoms with Crippen molar-refractivity contribution in [3.63, 3.8) is 0 Å². The predicted molar refractivity (Wildman–Crippen MR) is 30.9 cm³/mol. The van der Waals surface area contributed by atoms with Crippen molar-refractivity contribution >= 4 is 10.1 Å². The first-order valence-electron chi connectivity index (χ1n) is 1.93. The van der Waals surface area contributed by atoms with Gasteiger partial charge in [-0.15, -0.1) is 0 Å². The van der Waals surface area contributed by atoms with Gasteiger partial charge in [0.2, 0.25) is 0 Å². The summed E-state index contributed by atoms with van der Waals surface area (Å²) in [7, 11) is -4.64. The summed E-state index contributed by atoms with van der Waals surface area (Å²) in [5, 5.41) is 5.75. The lowest BCUT2D eigenvalue weighted by molar-refractivity contribution is 0.168. The maximum atomic E-state index is 9.99. The minimum absolute atomic E-state index is 0.516. The number of aliphatic hydroxyl groups is 1. The Kier molecular flexibility index (Phi) is 1.97. The summed E-state index contributed by atoms with van der Waals surface area (Å²) in [6.07, 6.45) is 0.516. The van der Waals surface area contributed by atoms with Crippen LogP contribution in [0.4, 0.5) is 0 Å². The highest BCUT2D eigenvalue weighted by Crippen LogP contribution is 2.03. The fraction of sp³-hybridized carbons (Fsp3) is 0.333. The monoisotopic (exact) mass is 153 g/mol.